The van der Waals surface area contributed by atoms with Gasteiger partial charge in [-0.15, -0.1) is 0 Å². The number of nitrogens with one attached hydrogen (secondary N) is 1. The molecular formula is C26H18ClN3O5. The Hall–Kier alpha value is -4.61. The molecule has 3 aromatic carbocycles. The second-order valence-corrected chi connectivity index (χ2v) is 7.84. The molecule has 0 aromatic heterocycles. The van der Waals surface area contributed by atoms with Crippen molar-refractivity contribution in [2.24, 2.45) is 0 Å². The van der Waals surface area contributed by atoms with Gasteiger partial charge in [0, 0.05) is 10.6 Å². The number of nitrogens with zero attached hydrogens (tertiary/aromatic N) is 2. The molecule has 9 heteroatoms. The fourth-order valence-corrected chi connectivity index (χ4v) is 3.58. The van der Waals surface area contributed by atoms with Crippen molar-refractivity contribution in [3.05, 3.63) is 94.0 Å². The van der Waals surface area contributed by atoms with E-state index >= 15 is 0 Å². The molecule has 3 aromatic rings. The lowest BCUT2D eigenvalue weighted by molar-refractivity contribution is -0.122. The zero-order valence-corrected chi connectivity index (χ0v) is 19.2. The Morgan fingerprint density at radius 2 is 1.77 bits per heavy atom. The van der Waals surface area contributed by atoms with Crippen molar-refractivity contribution in [2.45, 2.75) is 6.61 Å². The van der Waals surface area contributed by atoms with Crippen LogP contribution in [0.25, 0.3) is 6.08 Å². The minimum atomic E-state index is -0.849. The summed E-state index contributed by atoms with van der Waals surface area (Å²) in [5, 5.41) is 11.9. The summed E-state index contributed by atoms with van der Waals surface area (Å²) in [5.74, 6) is -0.797. The summed E-state index contributed by atoms with van der Waals surface area (Å²) in [4.78, 5) is 38.7. The van der Waals surface area contributed by atoms with Crippen LogP contribution >= 0.6 is 11.6 Å². The number of anilines is 1. The number of ether oxygens (including phenoxy) is 2. The van der Waals surface area contributed by atoms with Gasteiger partial charge in [-0.3, -0.25) is 14.9 Å². The highest BCUT2D eigenvalue weighted by Crippen LogP contribution is 2.31. The first-order valence-corrected chi connectivity index (χ1v) is 10.7. The van der Waals surface area contributed by atoms with E-state index in [0.29, 0.717) is 27.6 Å². The number of barbiturate groups is 1. The Morgan fingerprint density at radius 1 is 1.03 bits per heavy atom. The van der Waals surface area contributed by atoms with Gasteiger partial charge in [-0.25, -0.2) is 9.69 Å². The van der Waals surface area contributed by atoms with Gasteiger partial charge in [-0.2, -0.15) is 5.26 Å². The van der Waals surface area contributed by atoms with Gasteiger partial charge in [0.2, 0.25) is 0 Å². The van der Waals surface area contributed by atoms with E-state index in [-0.39, 0.29) is 17.9 Å². The molecule has 1 aliphatic heterocycles. The van der Waals surface area contributed by atoms with Crippen molar-refractivity contribution in [1.82, 2.24) is 5.32 Å². The normalized spacial score (nSPS) is 14.5. The molecule has 35 heavy (non-hydrogen) atoms. The number of hydrogen-bond donors (Lipinski definition) is 1. The first-order chi connectivity index (χ1) is 16.9. The van der Waals surface area contributed by atoms with Crippen LogP contribution < -0.4 is 19.7 Å². The first-order valence-electron chi connectivity index (χ1n) is 10.4. The molecule has 0 radical (unpaired) electrons. The summed E-state index contributed by atoms with van der Waals surface area (Å²) < 4.78 is 11.2. The number of benzene rings is 3. The number of methoxy groups -OCH3 is 1. The van der Waals surface area contributed by atoms with Crippen molar-refractivity contribution in [1.29, 1.82) is 5.26 Å². The highest BCUT2D eigenvalue weighted by atomic mass is 35.5. The van der Waals surface area contributed by atoms with Crippen LogP contribution in [0.15, 0.2) is 72.3 Å². The smallest absolute Gasteiger partial charge is 0.335 e. The van der Waals surface area contributed by atoms with Gasteiger partial charge in [-0.1, -0.05) is 35.9 Å². The van der Waals surface area contributed by atoms with Crippen LogP contribution in [0.2, 0.25) is 5.02 Å². The molecule has 1 N–H and O–H groups in total. The van der Waals surface area contributed by atoms with Crippen LogP contribution in [0, 0.1) is 11.3 Å². The minimum Gasteiger partial charge on any atom is -0.493 e. The van der Waals surface area contributed by atoms with Crippen LogP contribution in [-0.4, -0.2) is 25.0 Å². The summed E-state index contributed by atoms with van der Waals surface area (Å²) in [7, 11) is 1.46. The summed E-state index contributed by atoms with van der Waals surface area (Å²) in [6.07, 6.45) is 1.37. The number of imide groups is 2. The monoisotopic (exact) mass is 487 g/mol. The highest BCUT2D eigenvalue weighted by Gasteiger charge is 2.36. The van der Waals surface area contributed by atoms with Crippen LogP contribution in [0.1, 0.15) is 16.7 Å². The minimum absolute atomic E-state index is 0.152. The Balaban J connectivity index is 1.60. The molecular weight excluding hydrogens is 470 g/mol. The molecule has 0 saturated carbocycles. The molecule has 8 nitrogen and oxygen atoms in total. The lowest BCUT2D eigenvalue weighted by atomic mass is 10.1. The van der Waals surface area contributed by atoms with E-state index in [1.807, 2.05) is 6.07 Å². The number of amides is 4. The average molecular weight is 488 g/mol. The quantitative estimate of drug-likeness (QED) is 0.406. The second kappa shape index (κ2) is 10.1. The van der Waals surface area contributed by atoms with E-state index in [0.717, 1.165) is 10.5 Å². The SMILES string of the molecule is COc1cc(/C=C2\C(=O)NC(=O)N(c3ccc(Cl)cc3)C2=O)ccc1OCc1ccccc1C#N. The van der Waals surface area contributed by atoms with Gasteiger partial charge in [0.15, 0.2) is 11.5 Å². The van der Waals surface area contributed by atoms with Gasteiger partial charge in [0.05, 0.1) is 24.4 Å². The third-order valence-corrected chi connectivity index (χ3v) is 5.46. The first kappa shape index (κ1) is 23.5. The number of hydrogen-bond acceptors (Lipinski definition) is 6. The molecule has 174 valence electrons. The number of urea groups is 1. The third-order valence-electron chi connectivity index (χ3n) is 5.21. The van der Waals surface area contributed by atoms with Crippen molar-refractivity contribution in [3.8, 4) is 17.6 Å². The number of nitriles is 1. The van der Waals surface area contributed by atoms with Crippen molar-refractivity contribution < 1.29 is 23.9 Å². The highest BCUT2D eigenvalue weighted by molar-refractivity contribution is 6.39. The topological polar surface area (TPSA) is 109 Å². The standard InChI is InChI=1S/C26H18ClN3O5/c1-34-23-13-16(6-11-22(23)35-15-18-5-3-2-4-17(18)14-28)12-21-24(31)29-26(33)30(25(21)32)20-9-7-19(27)8-10-20/h2-13H,15H2,1H3,(H,29,31,33)/b21-12+. The Labute approximate surface area is 205 Å². The average Bonchev–Trinajstić information content (AvgIpc) is 2.86. The largest absolute Gasteiger partial charge is 0.493 e. The second-order valence-electron chi connectivity index (χ2n) is 7.40. The van der Waals surface area contributed by atoms with E-state index < -0.39 is 17.8 Å². The maximum absolute atomic E-state index is 13.0. The molecule has 0 atom stereocenters. The van der Waals surface area contributed by atoms with E-state index in [2.05, 4.69) is 11.4 Å². The van der Waals surface area contributed by atoms with Gasteiger partial charge in [0.1, 0.15) is 12.2 Å². The number of halogens is 1. The molecule has 1 aliphatic rings. The maximum Gasteiger partial charge on any atom is 0.335 e. The van der Waals surface area contributed by atoms with E-state index in [1.165, 1.54) is 37.5 Å². The van der Waals surface area contributed by atoms with Gasteiger partial charge < -0.3 is 9.47 Å². The van der Waals surface area contributed by atoms with E-state index in [1.54, 1.807) is 36.4 Å². The van der Waals surface area contributed by atoms with Gasteiger partial charge in [0.25, 0.3) is 11.8 Å². The third kappa shape index (κ3) is 5.00. The van der Waals surface area contributed by atoms with Gasteiger partial charge in [-0.05, 0) is 54.1 Å². The fraction of sp³-hybridized carbons (Fsp3) is 0.0769. The zero-order valence-electron chi connectivity index (χ0n) is 18.4. The number of rotatable bonds is 6. The lowest BCUT2D eigenvalue weighted by Gasteiger charge is -2.26. The predicted molar refractivity (Wildman–Crippen MR) is 129 cm³/mol. The Bertz CT molecular complexity index is 1390. The fourth-order valence-electron chi connectivity index (χ4n) is 3.45. The molecule has 0 spiro atoms. The van der Waals surface area contributed by atoms with Crippen LogP contribution in [0.5, 0.6) is 11.5 Å². The van der Waals surface area contributed by atoms with Crippen LogP contribution in [-0.2, 0) is 16.2 Å². The molecule has 1 saturated heterocycles. The van der Waals surface area contributed by atoms with Crippen molar-refractivity contribution in [3.63, 3.8) is 0 Å². The summed E-state index contributed by atoms with van der Waals surface area (Å²) >= 11 is 5.89. The summed E-state index contributed by atoms with van der Waals surface area (Å²) in [6.45, 7) is 0.152. The summed E-state index contributed by atoms with van der Waals surface area (Å²) in [6, 6.07) is 19.3. The van der Waals surface area contributed by atoms with E-state index in [4.69, 9.17) is 21.1 Å². The van der Waals surface area contributed by atoms with Crippen LogP contribution in [0.3, 0.4) is 0 Å². The van der Waals surface area contributed by atoms with Crippen molar-refractivity contribution >= 4 is 41.2 Å². The van der Waals surface area contributed by atoms with Gasteiger partial charge >= 0.3 is 6.03 Å². The molecule has 4 rings (SSSR count). The molecule has 4 amide bonds. The summed E-state index contributed by atoms with van der Waals surface area (Å²) in [5.41, 5.74) is 1.76. The number of carbonyl (C=O) groups excluding carboxylic acids is 3. The number of carbonyl (C=O) groups is 3. The molecule has 1 fully saturated rings. The molecule has 0 aliphatic carbocycles. The Kier molecular flexibility index (Phi) is 6.81. The predicted octanol–water partition coefficient (Wildman–Crippen LogP) is 4.47. The van der Waals surface area contributed by atoms with Crippen molar-refractivity contribution in [2.75, 3.05) is 12.0 Å². The molecule has 0 unspecified atom stereocenters. The lowest BCUT2D eigenvalue weighted by Crippen LogP contribution is -2.54. The zero-order chi connectivity index (χ0) is 24.9. The molecule has 0 bridgehead atoms. The Morgan fingerprint density at radius 3 is 2.49 bits per heavy atom. The molecule has 1 heterocycles. The van der Waals surface area contributed by atoms with E-state index in [9.17, 15) is 19.6 Å². The maximum atomic E-state index is 13.0. The van der Waals surface area contributed by atoms with Crippen LogP contribution in [0.4, 0.5) is 10.5 Å².